The van der Waals surface area contributed by atoms with Gasteiger partial charge in [0.15, 0.2) is 0 Å². The number of nitrogens with one attached hydrogen (secondary N) is 1. The fraction of sp³-hybridized carbons (Fsp3) is 0.467. The molecule has 2 rings (SSSR count). The molecule has 2 amide bonds. The molecule has 1 aromatic rings. The minimum Gasteiger partial charge on any atom is -0.352 e. The van der Waals surface area contributed by atoms with Gasteiger partial charge in [-0.3, -0.25) is 9.59 Å². The fourth-order valence-corrected chi connectivity index (χ4v) is 4.86. The Morgan fingerprint density at radius 2 is 1.91 bits per heavy atom. The summed E-state index contributed by atoms with van der Waals surface area (Å²) < 4.78 is 25.5. The number of sulfonamides is 1. The molecule has 0 aliphatic carbocycles. The molecule has 23 heavy (non-hydrogen) atoms. The Morgan fingerprint density at radius 1 is 1.26 bits per heavy atom. The highest BCUT2D eigenvalue weighted by molar-refractivity contribution is 7.90. The summed E-state index contributed by atoms with van der Waals surface area (Å²) in [7, 11) is -5.08. The van der Waals surface area contributed by atoms with Crippen molar-refractivity contribution in [2.75, 3.05) is 13.1 Å². The van der Waals surface area contributed by atoms with E-state index in [9.17, 15) is 18.0 Å². The minimum atomic E-state index is -3.83. The van der Waals surface area contributed by atoms with Gasteiger partial charge in [0.1, 0.15) is 4.90 Å². The second-order valence-corrected chi connectivity index (χ2v) is 14.2. The summed E-state index contributed by atoms with van der Waals surface area (Å²) in [4.78, 5) is 24.2. The maximum absolute atomic E-state index is 12.3. The van der Waals surface area contributed by atoms with E-state index in [0.29, 0.717) is 6.54 Å². The van der Waals surface area contributed by atoms with Crippen LogP contribution in [0.15, 0.2) is 23.1 Å². The molecule has 126 valence electrons. The second kappa shape index (κ2) is 6.08. The summed E-state index contributed by atoms with van der Waals surface area (Å²) in [6.45, 7) is 8.89. The van der Waals surface area contributed by atoms with Crippen LogP contribution in [-0.4, -0.2) is 45.7 Å². The standard InChI is InChI=1S/C15H22N2O4SSi/c1-5-17-15(19)12-7-6-11(10-13(12)22(17,20)21)14(18)16-8-9-23(2,3)4/h6-7,10H,5,8-9H2,1-4H3,(H,16,18). The first-order valence-corrected chi connectivity index (χ1v) is 12.7. The van der Waals surface area contributed by atoms with Gasteiger partial charge in [0.2, 0.25) is 0 Å². The smallest absolute Gasteiger partial charge is 0.268 e. The van der Waals surface area contributed by atoms with E-state index in [1.165, 1.54) is 18.2 Å². The largest absolute Gasteiger partial charge is 0.352 e. The molecule has 0 spiro atoms. The molecule has 1 aliphatic rings. The van der Waals surface area contributed by atoms with Crippen LogP contribution in [0.4, 0.5) is 0 Å². The van der Waals surface area contributed by atoms with Crippen LogP contribution in [0.3, 0.4) is 0 Å². The van der Waals surface area contributed by atoms with Crippen LogP contribution in [0.5, 0.6) is 0 Å². The third-order valence-electron chi connectivity index (χ3n) is 3.72. The normalized spacial score (nSPS) is 16.3. The van der Waals surface area contributed by atoms with Gasteiger partial charge in [-0.05, 0) is 31.2 Å². The predicted molar refractivity (Wildman–Crippen MR) is 90.8 cm³/mol. The van der Waals surface area contributed by atoms with Gasteiger partial charge in [-0.1, -0.05) is 19.6 Å². The molecule has 0 fully saturated rings. The molecular weight excluding hydrogens is 332 g/mol. The number of fused-ring (bicyclic) bond motifs is 1. The van der Waals surface area contributed by atoms with Crippen LogP contribution in [-0.2, 0) is 10.0 Å². The van der Waals surface area contributed by atoms with Gasteiger partial charge in [-0.15, -0.1) is 0 Å². The third kappa shape index (κ3) is 3.47. The van der Waals surface area contributed by atoms with Crippen LogP contribution in [0.25, 0.3) is 0 Å². The van der Waals surface area contributed by atoms with E-state index in [2.05, 4.69) is 25.0 Å². The average molecular weight is 355 g/mol. The van der Waals surface area contributed by atoms with Crippen molar-refractivity contribution in [3.8, 4) is 0 Å². The SMILES string of the molecule is CCN1C(=O)c2ccc(C(=O)NCC[Si](C)(C)C)cc2S1(=O)=O. The zero-order valence-corrected chi connectivity index (χ0v) is 15.7. The molecule has 0 saturated carbocycles. The molecule has 0 atom stereocenters. The highest BCUT2D eigenvalue weighted by Gasteiger charge is 2.40. The Kier molecular flexibility index (Phi) is 4.68. The number of hydrogen-bond acceptors (Lipinski definition) is 4. The first-order chi connectivity index (χ1) is 10.6. The number of rotatable bonds is 5. The topological polar surface area (TPSA) is 83.6 Å². The number of carbonyl (C=O) groups is 2. The van der Waals surface area contributed by atoms with E-state index in [0.717, 1.165) is 10.3 Å². The molecule has 0 saturated heterocycles. The lowest BCUT2D eigenvalue weighted by molar-refractivity contribution is 0.0874. The van der Waals surface area contributed by atoms with E-state index in [1.54, 1.807) is 6.92 Å². The molecule has 1 aliphatic heterocycles. The molecule has 6 nitrogen and oxygen atoms in total. The van der Waals surface area contributed by atoms with Crippen LogP contribution in [0, 0.1) is 0 Å². The Labute approximate surface area is 137 Å². The third-order valence-corrected chi connectivity index (χ3v) is 7.36. The second-order valence-electron chi connectivity index (χ2n) is 6.75. The van der Waals surface area contributed by atoms with E-state index in [-0.39, 0.29) is 28.5 Å². The predicted octanol–water partition coefficient (Wildman–Crippen LogP) is 1.92. The number of carbonyl (C=O) groups excluding carboxylic acids is 2. The van der Waals surface area contributed by atoms with Crippen molar-refractivity contribution < 1.29 is 18.0 Å². The van der Waals surface area contributed by atoms with E-state index >= 15 is 0 Å². The Balaban J connectivity index is 2.23. The summed E-state index contributed by atoms with van der Waals surface area (Å²) in [6.07, 6.45) is 0. The highest BCUT2D eigenvalue weighted by atomic mass is 32.2. The Hall–Kier alpha value is -1.67. The molecule has 0 bridgehead atoms. The molecule has 1 N–H and O–H groups in total. The van der Waals surface area contributed by atoms with Crippen LogP contribution < -0.4 is 5.32 Å². The quantitative estimate of drug-likeness (QED) is 0.819. The molecule has 8 heteroatoms. The van der Waals surface area contributed by atoms with Gasteiger partial charge < -0.3 is 5.32 Å². The van der Waals surface area contributed by atoms with Crippen molar-refractivity contribution in [1.82, 2.24) is 9.62 Å². The summed E-state index contributed by atoms with van der Waals surface area (Å²) >= 11 is 0. The maximum atomic E-state index is 12.3. The Bertz CT molecular complexity index is 753. The van der Waals surface area contributed by atoms with Gasteiger partial charge >= 0.3 is 0 Å². The minimum absolute atomic E-state index is 0.0770. The van der Waals surface area contributed by atoms with E-state index < -0.39 is 24.0 Å². The number of benzene rings is 1. The molecule has 0 radical (unpaired) electrons. The van der Waals surface area contributed by atoms with E-state index in [1.807, 2.05) is 0 Å². The van der Waals surface area contributed by atoms with Crippen molar-refractivity contribution in [1.29, 1.82) is 0 Å². The van der Waals surface area contributed by atoms with Crippen molar-refractivity contribution in [2.45, 2.75) is 37.5 Å². The summed E-state index contributed by atoms with van der Waals surface area (Å²) in [5.74, 6) is -0.850. The summed E-state index contributed by atoms with van der Waals surface area (Å²) in [5.41, 5.74) is 0.388. The van der Waals surface area contributed by atoms with Crippen molar-refractivity contribution in [3.63, 3.8) is 0 Å². The fourth-order valence-electron chi connectivity index (χ4n) is 2.38. The van der Waals surface area contributed by atoms with Gasteiger partial charge in [-0.2, -0.15) is 0 Å². The van der Waals surface area contributed by atoms with E-state index in [4.69, 9.17) is 0 Å². The Morgan fingerprint density at radius 3 is 2.48 bits per heavy atom. The van der Waals surface area contributed by atoms with Gasteiger partial charge in [0.05, 0.1) is 5.56 Å². The lowest BCUT2D eigenvalue weighted by Crippen LogP contribution is -2.31. The summed E-state index contributed by atoms with van der Waals surface area (Å²) in [5, 5.41) is 2.81. The van der Waals surface area contributed by atoms with Crippen molar-refractivity contribution in [2.24, 2.45) is 0 Å². The summed E-state index contributed by atoms with van der Waals surface area (Å²) in [6, 6.07) is 5.15. The first-order valence-electron chi connectivity index (χ1n) is 7.57. The lowest BCUT2D eigenvalue weighted by atomic mass is 10.1. The zero-order valence-electron chi connectivity index (χ0n) is 13.8. The molecular formula is C15H22N2O4SSi. The van der Waals surface area contributed by atoms with Gasteiger partial charge in [0, 0.05) is 26.7 Å². The highest BCUT2D eigenvalue weighted by Crippen LogP contribution is 2.30. The zero-order chi connectivity index (χ0) is 17.4. The van der Waals surface area contributed by atoms with Crippen molar-refractivity contribution in [3.05, 3.63) is 29.3 Å². The molecule has 1 heterocycles. The van der Waals surface area contributed by atoms with Gasteiger partial charge in [-0.25, -0.2) is 12.7 Å². The lowest BCUT2D eigenvalue weighted by Gasteiger charge is -2.15. The molecule has 0 unspecified atom stereocenters. The van der Waals surface area contributed by atoms with Crippen molar-refractivity contribution >= 4 is 29.9 Å². The number of hydrogen-bond donors (Lipinski definition) is 1. The molecule has 1 aromatic carbocycles. The molecule has 0 aromatic heterocycles. The average Bonchev–Trinajstić information content (AvgIpc) is 2.64. The van der Waals surface area contributed by atoms with Crippen LogP contribution in [0.1, 0.15) is 27.6 Å². The number of nitrogens with zero attached hydrogens (tertiary/aromatic N) is 1. The first kappa shape index (κ1) is 17.7. The maximum Gasteiger partial charge on any atom is 0.268 e. The van der Waals surface area contributed by atoms with Gasteiger partial charge in [0.25, 0.3) is 21.8 Å². The van der Waals surface area contributed by atoms with Crippen LogP contribution >= 0.6 is 0 Å². The number of amides is 2. The van der Waals surface area contributed by atoms with Crippen LogP contribution in [0.2, 0.25) is 25.7 Å². The monoisotopic (exact) mass is 354 g/mol.